The Hall–Kier alpha value is -4.71. The summed E-state index contributed by atoms with van der Waals surface area (Å²) in [7, 11) is 1.61. The van der Waals surface area contributed by atoms with Crippen LogP contribution in [0.25, 0.3) is 33.3 Å². The van der Waals surface area contributed by atoms with Gasteiger partial charge in [-0.05, 0) is 65.2 Å². The van der Waals surface area contributed by atoms with E-state index in [1.807, 2.05) is 66.7 Å². The molecule has 0 aliphatic rings. The molecule has 0 amide bonds. The van der Waals surface area contributed by atoms with Crippen LogP contribution >= 0.6 is 0 Å². The molecule has 0 saturated carbocycles. The highest BCUT2D eigenvalue weighted by Gasteiger charge is 2.21. The number of aromatic nitrogens is 1. The van der Waals surface area contributed by atoms with Crippen LogP contribution in [0.1, 0.15) is 5.56 Å². The SMILES string of the molecule is COc1ccc(-c2c(-c3ccc([N+](=O)[O-])cc3)c(=O)c3ccccc3n2Cc2ccccc2)cc1. The molecule has 0 unspecified atom stereocenters. The van der Waals surface area contributed by atoms with Gasteiger partial charge in [0.1, 0.15) is 5.75 Å². The molecule has 0 aliphatic heterocycles. The van der Waals surface area contributed by atoms with Crippen LogP contribution in [0.4, 0.5) is 5.69 Å². The summed E-state index contributed by atoms with van der Waals surface area (Å²) in [6.07, 6.45) is 0. The van der Waals surface area contributed by atoms with Crippen molar-refractivity contribution in [3.63, 3.8) is 0 Å². The molecule has 0 atom stereocenters. The summed E-state index contributed by atoms with van der Waals surface area (Å²) >= 11 is 0. The maximum atomic E-state index is 13.9. The van der Waals surface area contributed by atoms with Crippen molar-refractivity contribution in [2.24, 2.45) is 0 Å². The third-order valence-electron chi connectivity index (χ3n) is 6.09. The molecule has 0 saturated heterocycles. The van der Waals surface area contributed by atoms with Crippen molar-refractivity contribution >= 4 is 16.6 Å². The lowest BCUT2D eigenvalue weighted by molar-refractivity contribution is -0.384. The molecule has 0 fully saturated rings. The first-order valence-corrected chi connectivity index (χ1v) is 11.2. The molecule has 172 valence electrons. The maximum absolute atomic E-state index is 13.9. The van der Waals surface area contributed by atoms with Gasteiger partial charge in [-0.2, -0.15) is 0 Å². The third-order valence-corrected chi connectivity index (χ3v) is 6.09. The fraction of sp³-hybridized carbons (Fsp3) is 0.0690. The Morgan fingerprint density at radius 1 is 0.800 bits per heavy atom. The first-order valence-electron chi connectivity index (χ1n) is 11.2. The van der Waals surface area contributed by atoms with E-state index >= 15 is 0 Å². The Labute approximate surface area is 201 Å². The summed E-state index contributed by atoms with van der Waals surface area (Å²) in [4.78, 5) is 24.7. The Balaban J connectivity index is 1.87. The molecule has 5 aromatic rings. The number of pyridine rings is 1. The Kier molecular flexibility index (Phi) is 5.85. The van der Waals surface area contributed by atoms with Gasteiger partial charge < -0.3 is 9.30 Å². The van der Waals surface area contributed by atoms with Crippen molar-refractivity contribution < 1.29 is 9.66 Å². The molecular formula is C29H22N2O4. The van der Waals surface area contributed by atoms with Gasteiger partial charge in [0, 0.05) is 24.1 Å². The Bertz CT molecular complexity index is 1570. The second-order valence-electron chi connectivity index (χ2n) is 8.17. The second-order valence-corrected chi connectivity index (χ2v) is 8.17. The van der Waals surface area contributed by atoms with Gasteiger partial charge in [-0.3, -0.25) is 14.9 Å². The molecule has 0 N–H and O–H groups in total. The van der Waals surface area contributed by atoms with Crippen molar-refractivity contribution in [2.75, 3.05) is 7.11 Å². The van der Waals surface area contributed by atoms with Crippen LogP contribution in [0.5, 0.6) is 5.75 Å². The summed E-state index contributed by atoms with van der Waals surface area (Å²) < 4.78 is 7.49. The Morgan fingerprint density at radius 3 is 2.09 bits per heavy atom. The fourth-order valence-corrected chi connectivity index (χ4v) is 4.40. The minimum atomic E-state index is -0.442. The molecule has 35 heavy (non-hydrogen) atoms. The summed E-state index contributed by atoms with van der Waals surface area (Å²) in [6, 6.07) is 31.3. The summed E-state index contributed by atoms with van der Waals surface area (Å²) in [6.45, 7) is 0.545. The third kappa shape index (κ3) is 4.17. The minimum absolute atomic E-state index is 0.0230. The molecule has 1 heterocycles. The lowest BCUT2D eigenvalue weighted by Gasteiger charge is -2.21. The summed E-state index contributed by atoms with van der Waals surface area (Å²) in [5, 5.41) is 11.8. The number of benzene rings is 4. The first kappa shape index (κ1) is 22.1. The summed E-state index contributed by atoms with van der Waals surface area (Å²) in [5.41, 5.74) is 4.48. The molecule has 1 aromatic heterocycles. The quantitative estimate of drug-likeness (QED) is 0.219. The Morgan fingerprint density at radius 2 is 1.43 bits per heavy atom. The fourth-order valence-electron chi connectivity index (χ4n) is 4.40. The first-order chi connectivity index (χ1) is 17.1. The number of hydrogen-bond donors (Lipinski definition) is 0. The highest BCUT2D eigenvalue weighted by Crippen LogP contribution is 2.35. The minimum Gasteiger partial charge on any atom is -0.497 e. The van der Waals surface area contributed by atoms with Gasteiger partial charge in [-0.15, -0.1) is 0 Å². The van der Waals surface area contributed by atoms with Gasteiger partial charge in [0.2, 0.25) is 0 Å². The van der Waals surface area contributed by atoms with Crippen molar-refractivity contribution in [2.45, 2.75) is 6.54 Å². The lowest BCUT2D eigenvalue weighted by Crippen LogP contribution is -2.16. The average Bonchev–Trinajstić information content (AvgIpc) is 2.91. The molecule has 0 radical (unpaired) electrons. The van der Waals surface area contributed by atoms with Crippen LogP contribution in [-0.2, 0) is 6.54 Å². The monoisotopic (exact) mass is 462 g/mol. The van der Waals surface area contributed by atoms with Crippen molar-refractivity contribution in [1.29, 1.82) is 0 Å². The number of non-ortho nitro benzene ring substituents is 1. The molecular weight excluding hydrogens is 440 g/mol. The van der Waals surface area contributed by atoms with Crippen LogP contribution in [-0.4, -0.2) is 16.6 Å². The zero-order chi connectivity index (χ0) is 24.4. The van der Waals surface area contributed by atoms with E-state index in [1.165, 1.54) is 12.1 Å². The van der Waals surface area contributed by atoms with Crippen LogP contribution in [0, 0.1) is 10.1 Å². The number of para-hydroxylation sites is 1. The predicted molar refractivity (Wildman–Crippen MR) is 138 cm³/mol. The van der Waals surface area contributed by atoms with E-state index in [9.17, 15) is 14.9 Å². The van der Waals surface area contributed by atoms with Crippen molar-refractivity contribution in [1.82, 2.24) is 4.57 Å². The topological polar surface area (TPSA) is 74.4 Å². The van der Waals surface area contributed by atoms with Crippen LogP contribution < -0.4 is 10.2 Å². The lowest BCUT2D eigenvalue weighted by atomic mass is 9.95. The molecule has 5 rings (SSSR count). The maximum Gasteiger partial charge on any atom is 0.269 e. The molecule has 0 spiro atoms. The van der Waals surface area contributed by atoms with E-state index in [0.717, 1.165) is 22.3 Å². The second kappa shape index (κ2) is 9.27. The number of rotatable bonds is 6. The zero-order valence-corrected chi connectivity index (χ0v) is 19.0. The van der Waals surface area contributed by atoms with E-state index < -0.39 is 4.92 Å². The van der Waals surface area contributed by atoms with E-state index in [4.69, 9.17) is 4.74 Å². The largest absolute Gasteiger partial charge is 0.497 e. The van der Waals surface area contributed by atoms with Crippen molar-refractivity contribution in [3.8, 4) is 28.1 Å². The predicted octanol–water partition coefficient (Wildman–Crippen LogP) is 6.30. The number of ether oxygens (including phenoxy) is 1. The van der Waals surface area contributed by atoms with Gasteiger partial charge in [0.05, 0.1) is 28.8 Å². The van der Waals surface area contributed by atoms with Gasteiger partial charge in [-0.1, -0.05) is 42.5 Å². The van der Waals surface area contributed by atoms with Gasteiger partial charge in [0.25, 0.3) is 5.69 Å². The van der Waals surface area contributed by atoms with E-state index in [1.54, 1.807) is 19.2 Å². The normalized spacial score (nSPS) is 10.9. The number of fused-ring (bicyclic) bond motifs is 1. The van der Waals surface area contributed by atoms with Gasteiger partial charge in [0.15, 0.2) is 5.43 Å². The van der Waals surface area contributed by atoms with Crippen LogP contribution in [0.2, 0.25) is 0 Å². The van der Waals surface area contributed by atoms with Gasteiger partial charge >= 0.3 is 0 Å². The van der Waals surface area contributed by atoms with E-state index in [2.05, 4.69) is 16.7 Å². The number of nitrogens with zero attached hydrogens (tertiary/aromatic N) is 2. The number of nitro groups is 1. The number of hydrogen-bond acceptors (Lipinski definition) is 4. The average molecular weight is 463 g/mol. The standard InChI is InChI=1S/C29H22N2O4/c1-35-24-17-13-22(14-18-24)28-27(21-11-15-23(16-12-21)31(33)34)29(32)25-9-5-6-10-26(25)30(28)19-20-7-3-2-4-8-20/h2-18H,19H2,1H3. The summed E-state index contributed by atoms with van der Waals surface area (Å²) in [5.74, 6) is 0.711. The van der Waals surface area contributed by atoms with Crippen LogP contribution in [0.3, 0.4) is 0 Å². The highest BCUT2D eigenvalue weighted by atomic mass is 16.6. The van der Waals surface area contributed by atoms with E-state index in [-0.39, 0.29) is 11.1 Å². The molecule has 0 bridgehead atoms. The molecule has 0 aliphatic carbocycles. The smallest absolute Gasteiger partial charge is 0.269 e. The molecule has 6 nitrogen and oxygen atoms in total. The number of methoxy groups -OCH3 is 1. The van der Waals surface area contributed by atoms with E-state index in [0.29, 0.717) is 28.8 Å². The molecule has 6 heteroatoms. The highest BCUT2D eigenvalue weighted by molar-refractivity contribution is 5.92. The number of nitro benzene ring substituents is 1. The van der Waals surface area contributed by atoms with Crippen LogP contribution in [0.15, 0.2) is 108 Å². The van der Waals surface area contributed by atoms with Gasteiger partial charge in [-0.25, -0.2) is 0 Å². The molecule has 4 aromatic carbocycles. The van der Waals surface area contributed by atoms with Crippen molar-refractivity contribution in [3.05, 3.63) is 129 Å². The zero-order valence-electron chi connectivity index (χ0n) is 19.0.